The Hall–Kier alpha value is -4.24. The van der Waals surface area contributed by atoms with Crippen LogP contribution in [0.25, 0.3) is 21.9 Å². The molecular formula is C27H29N7O2. The highest BCUT2D eigenvalue weighted by molar-refractivity contribution is 5.90. The zero-order chi connectivity index (χ0) is 25.1. The third-order valence-electron chi connectivity index (χ3n) is 5.91. The highest BCUT2D eigenvalue weighted by Crippen LogP contribution is 2.27. The van der Waals surface area contributed by atoms with Gasteiger partial charge >= 0.3 is 0 Å². The number of carbonyl (C=O) groups excluding carboxylic acids is 1. The molecule has 0 aliphatic heterocycles. The van der Waals surface area contributed by atoms with Crippen molar-refractivity contribution in [1.29, 1.82) is 0 Å². The van der Waals surface area contributed by atoms with Crippen molar-refractivity contribution >= 4 is 39.3 Å². The van der Waals surface area contributed by atoms with Crippen LogP contribution in [0.4, 0.5) is 11.5 Å². The number of nitrogens with one attached hydrogen (secondary N) is 2. The first-order valence-corrected chi connectivity index (χ1v) is 11.9. The Balaban J connectivity index is 1.32. The van der Waals surface area contributed by atoms with Crippen LogP contribution in [0, 0.1) is 0 Å². The molecule has 3 N–H and O–H groups in total. The van der Waals surface area contributed by atoms with E-state index in [9.17, 15) is 9.90 Å². The lowest BCUT2D eigenvalue weighted by atomic mass is 10.1. The van der Waals surface area contributed by atoms with Gasteiger partial charge < -0.3 is 24.9 Å². The van der Waals surface area contributed by atoms with E-state index in [1.54, 1.807) is 20.2 Å². The van der Waals surface area contributed by atoms with E-state index in [2.05, 4.69) is 54.5 Å². The summed E-state index contributed by atoms with van der Waals surface area (Å²) in [6.07, 6.45) is 7.42. The lowest BCUT2D eigenvalue weighted by molar-refractivity contribution is -0.124. The summed E-state index contributed by atoms with van der Waals surface area (Å²) in [7, 11) is 0. The van der Waals surface area contributed by atoms with Gasteiger partial charge in [-0.2, -0.15) is 0 Å². The number of carbonyl (C=O) groups is 1. The Bertz CT molecular complexity index is 1500. The maximum absolute atomic E-state index is 12.0. The van der Waals surface area contributed by atoms with Gasteiger partial charge in [-0.25, -0.2) is 9.97 Å². The number of aliphatic hydroxyl groups is 1. The predicted octanol–water partition coefficient (Wildman–Crippen LogP) is 3.85. The number of hydrogen-bond acceptors (Lipinski definition) is 6. The molecule has 0 saturated carbocycles. The van der Waals surface area contributed by atoms with Crippen molar-refractivity contribution < 1.29 is 9.90 Å². The van der Waals surface area contributed by atoms with Gasteiger partial charge in [-0.1, -0.05) is 6.07 Å². The van der Waals surface area contributed by atoms with Crippen molar-refractivity contribution in [3.8, 4) is 0 Å². The molecule has 0 saturated heterocycles. The van der Waals surface area contributed by atoms with E-state index in [0.717, 1.165) is 33.3 Å². The molecule has 9 heteroatoms. The van der Waals surface area contributed by atoms with Crippen molar-refractivity contribution in [1.82, 2.24) is 29.4 Å². The number of anilines is 2. The molecule has 0 radical (unpaired) electrons. The number of nitrogens with zero attached hydrogens (tertiary/aromatic N) is 5. The number of benzene rings is 1. The van der Waals surface area contributed by atoms with Crippen molar-refractivity contribution in [3.05, 3.63) is 79.1 Å². The van der Waals surface area contributed by atoms with Gasteiger partial charge in [0.05, 0.1) is 29.8 Å². The Labute approximate surface area is 208 Å². The number of rotatable bonds is 9. The van der Waals surface area contributed by atoms with E-state index in [1.165, 1.54) is 0 Å². The molecule has 0 aliphatic rings. The summed E-state index contributed by atoms with van der Waals surface area (Å²) in [5, 5.41) is 17.2. The van der Waals surface area contributed by atoms with Crippen LogP contribution in [-0.2, 0) is 17.9 Å². The standard InChI is InChI=1S/C27H29N7O2/c1-27(2,36)16-24(35)29-11-14-33-13-9-22-25(33)26(31-18-30-22)32-20-6-7-23-19(15-20)8-12-34(23)17-21-5-3-4-10-28-21/h3-10,12-13,15,18,36H,11,14,16-17H2,1-2H3,(H,29,35)(H,30,31,32). The average Bonchev–Trinajstić information content (AvgIpc) is 3.43. The van der Waals surface area contributed by atoms with Gasteiger partial charge in [0.1, 0.15) is 11.8 Å². The van der Waals surface area contributed by atoms with Gasteiger partial charge in [0.2, 0.25) is 5.91 Å². The van der Waals surface area contributed by atoms with Gasteiger partial charge in [0.25, 0.3) is 0 Å². The zero-order valence-corrected chi connectivity index (χ0v) is 20.3. The lowest BCUT2D eigenvalue weighted by Gasteiger charge is -2.16. The summed E-state index contributed by atoms with van der Waals surface area (Å²) in [5.74, 6) is 0.511. The molecule has 4 aromatic heterocycles. The lowest BCUT2D eigenvalue weighted by Crippen LogP contribution is -2.33. The summed E-state index contributed by atoms with van der Waals surface area (Å²) in [5.41, 5.74) is 3.71. The summed E-state index contributed by atoms with van der Waals surface area (Å²) >= 11 is 0. The predicted molar refractivity (Wildman–Crippen MR) is 140 cm³/mol. The smallest absolute Gasteiger partial charge is 0.222 e. The van der Waals surface area contributed by atoms with E-state index in [0.29, 0.717) is 25.5 Å². The molecular weight excluding hydrogens is 454 g/mol. The quantitative estimate of drug-likeness (QED) is 0.294. The maximum atomic E-state index is 12.0. The van der Waals surface area contributed by atoms with Gasteiger partial charge in [-0.3, -0.25) is 9.78 Å². The molecule has 0 atom stereocenters. The second-order valence-electron chi connectivity index (χ2n) is 9.47. The van der Waals surface area contributed by atoms with E-state index in [-0.39, 0.29) is 12.3 Å². The summed E-state index contributed by atoms with van der Waals surface area (Å²) < 4.78 is 4.20. The molecule has 36 heavy (non-hydrogen) atoms. The molecule has 1 amide bonds. The van der Waals surface area contributed by atoms with Crippen LogP contribution < -0.4 is 10.6 Å². The van der Waals surface area contributed by atoms with E-state index >= 15 is 0 Å². The van der Waals surface area contributed by atoms with Gasteiger partial charge in [-0.15, -0.1) is 0 Å². The van der Waals surface area contributed by atoms with Gasteiger partial charge in [-0.05, 0) is 56.3 Å². The largest absolute Gasteiger partial charge is 0.390 e. The van der Waals surface area contributed by atoms with E-state index < -0.39 is 5.60 Å². The molecule has 1 aromatic carbocycles. The monoisotopic (exact) mass is 483 g/mol. The van der Waals surface area contributed by atoms with Crippen LogP contribution in [0.15, 0.2) is 73.4 Å². The van der Waals surface area contributed by atoms with Crippen molar-refractivity contribution in [2.75, 3.05) is 11.9 Å². The van der Waals surface area contributed by atoms with E-state index in [1.807, 2.05) is 47.3 Å². The third kappa shape index (κ3) is 5.36. The second kappa shape index (κ2) is 9.79. The fourth-order valence-corrected chi connectivity index (χ4v) is 4.30. The molecule has 0 unspecified atom stereocenters. The Morgan fingerprint density at radius 3 is 2.69 bits per heavy atom. The van der Waals surface area contributed by atoms with Crippen molar-refractivity contribution in [2.45, 2.75) is 39.0 Å². The van der Waals surface area contributed by atoms with Crippen molar-refractivity contribution in [3.63, 3.8) is 0 Å². The molecule has 9 nitrogen and oxygen atoms in total. The van der Waals surface area contributed by atoms with Crippen LogP contribution in [0.5, 0.6) is 0 Å². The summed E-state index contributed by atoms with van der Waals surface area (Å²) in [6.45, 7) is 4.94. The minimum atomic E-state index is -1.03. The first kappa shape index (κ1) is 23.5. The fraction of sp³-hybridized carbons (Fsp3) is 0.259. The van der Waals surface area contributed by atoms with Crippen LogP contribution in [-0.4, -0.2) is 47.2 Å². The third-order valence-corrected chi connectivity index (χ3v) is 5.91. The minimum Gasteiger partial charge on any atom is -0.390 e. The number of hydrogen-bond donors (Lipinski definition) is 3. The second-order valence-corrected chi connectivity index (χ2v) is 9.47. The number of fused-ring (bicyclic) bond motifs is 2. The Kier molecular flexibility index (Phi) is 6.39. The molecule has 5 aromatic rings. The first-order chi connectivity index (χ1) is 17.4. The van der Waals surface area contributed by atoms with Gasteiger partial charge in [0, 0.05) is 48.3 Å². The highest BCUT2D eigenvalue weighted by Gasteiger charge is 2.17. The molecule has 0 bridgehead atoms. The average molecular weight is 484 g/mol. The fourth-order valence-electron chi connectivity index (χ4n) is 4.30. The van der Waals surface area contributed by atoms with Crippen LogP contribution in [0.2, 0.25) is 0 Å². The number of pyridine rings is 1. The molecule has 5 rings (SSSR count). The number of amides is 1. The normalized spacial score (nSPS) is 11.8. The minimum absolute atomic E-state index is 0.0570. The number of aromatic nitrogens is 5. The summed E-state index contributed by atoms with van der Waals surface area (Å²) in [4.78, 5) is 25.4. The Morgan fingerprint density at radius 1 is 1.03 bits per heavy atom. The highest BCUT2D eigenvalue weighted by atomic mass is 16.3. The summed E-state index contributed by atoms with van der Waals surface area (Å²) in [6, 6.07) is 16.2. The van der Waals surface area contributed by atoms with Crippen LogP contribution in [0.1, 0.15) is 26.0 Å². The van der Waals surface area contributed by atoms with Crippen LogP contribution in [0.3, 0.4) is 0 Å². The zero-order valence-electron chi connectivity index (χ0n) is 20.3. The Morgan fingerprint density at radius 2 is 1.89 bits per heavy atom. The maximum Gasteiger partial charge on any atom is 0.222 e. The molecule has 4 heterocycles. The van der Waals surface area contributed by atoms with Gasteiger partial charge in [0.15, 0.2) is 5.82 Å². The van der Waals surface area contributed by atoms with Crippen molar-refractivity contribution in [2.24, 2.45) is 0 Å². The SMILES string of the molecule is CC(C)(O)CC(=O)NCCn1ccc2ncnc(Nc3ccc4c(ccn4Cc4ccccn4)c3)c21. The molecule has 184 valence electrons. The topological polar surface area (TPSA) is 110 Å². The molecule has 0 spiro atoms. The first-order valence-electron chi connectivity index (χ1n) is 11.9. The van der Waals surface area contributed by atoms with Crippen LogP contribution >= 0.6 is 0 Å². The molecule has 0 fully saturated rings. The van der Waals surface area contributed by atoms with E-state index in [4.69, 9.17) is 0 Å². The molecule has 0 aliphatic carbocycles.